The third kappa shape index (κ3) is 4.67. The van der Waals surface area contributed by atoms with Crippen molar-refractivity contribution < 1.29 is 9.53 Å². The lowest BCUT2D eigenvalue weighted by molar-refractivity contribution is 0.0958. The van der Waals surface area contributed by atoms with Gasteiger partial charge in [0.2, 0.25) is 0 Å². The van der Waals surface area contributed by atoms with E-state index in [0.717, 1.165) is 21.3 Å². The van der Waals surface area contributed by atoms with Gasteiger partial charge < -0.3 is 15.4 Å². The standard InChI is InChI=1S/C22H26N4O2S/c1-14(15-6-4-3-5-7-15)25-22-26-18-9-8-16(13-20(18)29-22)28-17-10-11-24-19(12-17)21(27)23-2/h8-15H,3-7H2,1-2H3,(H,23,27)(H,25,26)/t14-/m1/s1. The van der Waals surface area contributed by atoms with E-state index in [1.807, 2.05) is 18.2 Å². The summed E-state index contributed by atoms with van der Waals surface area (Å²) < 4.78 is 7.02. The number of anilines is 1. The maximum Gasteiger partial charge on any atom is 0.269 e. The van der Waals surface area contributed by atoms with Crippen molar-refractivity contribution in [2.45, 2.75) is 45.1 Å². The Morgan fingerprint density at radius 1 is 1.17 bits per heavy atom. The molecule has 7 heteroatoms. The molecule has 0 bridgehead atoms. The molecule has 1 aliphatic carbocycles. The summed E-state index contributed by atoms with van der Waals surface area (Å²) in [5.41, 5.74) is 1.29. The molecule has 0 spiro atoms. The van der Waals surface area contributed by atoms with Crippen LogP contribution in [0.5, 0.6) is 11.5 Å². The zero-order valence-corrected chi connectivity index (χ0v) is 17.6. The van der Waals surface area contributed by atoms with Crippen LogP contribution in [-0.2, 0) is 0 Å². The van der Waals surface area contributed by atoms with Crippen molar-refractivity contribution in [1.29, 1.82) is 0 Å². The summed E-state index contributed by atoms with van der Waals surface area (Å²) in [7, 11) is 1.58. The van der Waals surface area contributed by atoms with E-state index in [9.17, 15) is 4.79 Å². The van der Waals surface area contributed by atoms with Gasteiger partial charge in [-0.15, -0.1) is 0 Å². The summed E-state index contributed by atoms with van der Waals surface area (Å²) in [5, 5.41) is 7.14. The summed E-state index contributed by atoms with van der Waals surface area (Å²) >= 11 is 1.65. The number of hydrogen-bond donors (Lipinski definition) is 2. The molecule has 1 saturated carbocycles. The Morgan fingerprint density at radius 3 is 2.76 bits per heavy atom. The molecule has 1 atom stereocenters. The predicted molar refractivity (Wildman–Crippen MR) is 117 cm³/mol. The van der Waals surface area contributed by atoms with E-state index >= 15 is 0 Å². The molecule has 1 amide bonds. The zero-order valence-electron chi connectivity index (χ0n) is 16.8. The van der Waals surface area contributed by atoms with Crippen LogP contribution in [0.4, 0.5) is 5.13 Å². The van der Waals surface area contributed by atoms with E-state index in [4.69, 9.17) is 9.72 Å². The lowest BCUT2D eigenvalue weighted by Gasteiger charge is -2.28. The number of hydrogen-bond acceptors (Lipinski definition) is 6. The monoisotopic (exact) mass is 410 g/mol. The van der Waals surface area contributed by atoms with Crippen molar-refractivity contribution >= 4 is 32.6 Å². The first kappa shape index (κ1) is 19.6. The molecule has 1 fully saturated rings. The minimum absolute atomic E-state index is 0.240. The summed E-state index contributed by atoms with van der Waals surface area (Å²) in [6, 6.07) is 9.67. The van der Waals surface area contributed by atoms with Crippen molar-refractivity contribution in [1.82, 2.24) is 15.3 Å². The van der Waals surface area contributed by atoms with Crippen molar-refractivity contribution in [2.24, 2.45) is 5.92 Å². The van der Waals surface area contributed by atoms with Gasteiger partial charge in [0.05, 0.1) is 10.2 Å². The van der Waals surface area contributed by atoms with Gasteiger partial charge in [0, 0.05) is 31.4 Å². The van der Waals surface area contributed by atoms with E-state index in [2.05, 4.69) is 22.5 Å². The molecule has 1 aliphatic rings. The molecular weight excluding hydrogens is 384 g/mol. The van der Waals surface area contributed by atoms with Crippen LogP contribution in [0.1, 0.15) is 49.5 Å². The first-order valence-corrected chi connectivity index (χ1v) is 11.0. The number of amides is 1. The van der Waals surface area contributed by atoms with Crippen LogP contribution < -0.4 is 15.4 Å². The fourth-order valence-corrected chi connectivity index (χ4v) is 4.83. The number of pyridine rings is 1. The van der Waals surface area contributed by atoms with Crippen molar-refractivity contribution in [3.63, 3.8) is 0 Å². The molecule has 0 saturated heterocycles. The molecular formula is C22H26N4O2S. The predicted octanol–water partition coefficient (Wildman–Crippen LogP) is 5.22. The largest absolute Gasteiger partial charge is 0.457 e. The van der Waals surface area contributed by atoms with Gasteiger partial charge in [0.15, 0.2) is 5.13 Å². The summed E-state index contributed by atoms with van der Waals surface area (Å²) in [4.78, 5) is 20.6. The Balaban J connectivity index is 1.47. The van der Waals surface area contributed by atoms with Gasteiger partial charge in [-0.3, -0.25) is 9.78 Å². The van der Waals surface area contributed by atoms with Crippen LogP contribution in [-0.4, -0.2) is 29.0 Å². The van der Waals surface area contributed by atoms with Crippen LogP contribution in [0.25, 0.3) is 10.2 Å². The fraction of sp³-hybridized carbons (Fsp3) is 0.409. The van der Waals surface area contributed by atoms with Crippen LogP contribution in [0.15, 0.2) is 36.5 Å². The van der Waals surface area contributed by atoms with E-state index in [1.54, 1.807) is 36.7 Å². The van der Waals surface area contributed by atoms with Gasteiger partial charge in [-0.25, -0.2) is 4.98 Å². The number of benzene rings is 1. The normalized spacial score (nSPS) is 15.8. The molecule has 2 N–H and O–H groups in total. The number of aromatic nitrogens is 2. The average Bonchev–Trinajstić information content (AvgIpc) is 3.15. The number of nitrogens with zero attached hydrogens (tertiary/aromatic N) is 2. The smallest absolute Gasteiger partial charge is 0.269 e. The lowest BCUT2D eigenvalue weighted by atomic mass is 9.85. The molecule has 2 heterocycles. The Bertz CT molecular complexity index is 997. The minimum atomic E-state index is -0.240. The van der Waals surface area contributed by atoms with E-state index in [-0.39, 0.29) is 5.91 Å². The SMILES string of the molecule is CNC(=O)c1cc(Oc2ccc3nc(N[C@H](C)C4CCCCC4)sc3c2)ccn1. The first-order valence-electron chi connectivity index (χ1n) is 10.2. The second-order valence-corrected chi connectivity index (χ2v) is 8.57. The van der Waals surface area contributed by atoms with Crippen molar-refractivity contribution in [3.8, 4) is 11.5 Å². The number of carbonyl (C=O) groups excluding carboxylic acids is 1. The van der Waals surface area contributed by atoms with E-state index < -0.39 is 0 Å². The maximum atomic E-state index is 11.8. The molecule has 0 radical (unpaired) electrons. The molecule has 0 aliphatic heterocycles. The van der Waals surface area contributed by atoms with E-state index in [1.165, 1.54) is 32.1 Å². The number of rotatable bonds is 6. The highest BCUT2D eigenvalue weighted by Crippen LogP contribution is 2.33. The van der Waals surface area contributed by atoms with Crippen LogP contribution >= 0.6 is 11.3 Å². The van der Waals surface area contributed by atoms with E-state index in [0.29, 0.717) is 23.2 Å². The molecule has 3 aromatic rings. The molecule has 1 aromatic carbocycles. The van der Waals surface area contributed by atoms with Gasteiger partial charge in [-0.05, 0) is 43.9 Å². The zero-order chi connectivity index (χ0) is 20.2. The molecule has 152 valence electrons. The van der Waals surface area contributed by atoms with Crippen LogP contribution in [0.3, 0.4) is 0 Å². The highest BCUT2D eigenvalue weighted by molar-refractivity contribution is 7.22. The summed E-state index contributed by atoms with van der Waals surface area (Å²) in [6.45, 7) is 2.27. The number of carbonyl (C=O) groups is 1. The summed E-state index contributed by atoms with van der Waals surface area (Å²) in [6.07, 6.45) is 8.23. The quantitative estimate of drug-likeness (QED) is 0.582. The second kappa shape index (κ2) is 8.78. The van der Waals surface area contributed by atoms with Gasteiger partial charge >= 0.3 is 0 Å². The number of nitrogens with one attached hydrogen (secondary N) is 2. The Hall–Kier alpha value is -2.67. The molecule has 29 heavy (non-hydrogen) atoms. The van der Waals surface area contributed by atoms with Crippen LogP contribution in [0.2, 0.25) is 0 Å². The fourth-order valence-electron chi connectivity index (χ4n) is 3.84. The van der Waals surface area contributed by atoms with Gasteiger partial charge in [0.25, 0.3) is 5.91 Å². The second-order valence-electron chi connectivity index (χ2n) is 7.54. The maximum absolute atomic E-state index is 11.8. The minimum Gasteiger partial charge on any atom is -0.457 e. The number of thiazole rings is 1. The topological polar surface area (TPSA) is 76.1 Å². The number of fused-ring (bicyclic) bond motifs is 1. The van der Waals surface area contributed by atoms with Gasteiger partial charge in [0.1, 0.15) is 17.2 Å². The molecule has 0 unspecified atom stereocenters. The van der Waals surface area contributed by atoms with Crippen LogP contribution in [0, 0.1) is 5.92 Å². The average molecular weight is 411 g/mol. The first-order chi connectivity index (χ1) is 14.1. The Kier molecular flexibility index (Phi) is 5.94. The van der Waals surface area contributed by atoms with Crippen molar-refractivity contribution in [3.05, 3.63) is 42.2 Å². The highest BCUT2D eigenvalue weighted by atomic mass is 32.1. The lowest BCUT2D eigenvalue weighted by Crippen LogP contribution is -2.27. The third-order valence-electron chi connectivity index (χ3n) is 5.49. The van der Waals surface area contributed by atoms with Gasteiger partial charge in [-0.1, -0.05) is 30.6 Å². The third-order valence-corrected chi connectivity index (χ3v) is 6.44. The summed E-state index contributed by atoms with van der Waals surface area (Å²) in [5.74, 6) is 1.78. The Labute approximate surface area is 174 Å². The Morgan fingerprint density at radius 2 is 1.97 bits per heavy atom. The number of ether oxygens (including phenoxy) is 1. The van der Waals surface area contributed by atoms with Gasteiger partial charge in [-0.2, -0.15) is 0 Å². The molecule has 4 rings (SSSR count). The molecule has 6 nitrogen and oxygen atoms in total. The highest BCUT2D eigenvalue weighted by Gasteiger charge is 2.21. The molecule has 2 aromatic heterocycles. The van der Waals surface area contributed by atoms with Crippen molar-refractivity contribution in [2.75, 3.05) is 12.4 Å².